The van der Waals surface area contributed by atoms with Crippen molar-refractivity contribution in [1.29, 1.82) is 0 Å². The second-order valence-corrected chi connectivity index (χ2v) is 10.7. The van der Waals surface area contributed by atoms with Crippen LogP contribution in [-0.2, 0) is 64.5 Å². The van der Waals surface area contributed by atoms with E-state index in [1.54, 1.807) is 48.8 Å². The molecular formula is C27H39N9O9. The highest BCUT2D eigenvalue weighted by molar-refractivity contribution is 5.85. The highest BCUT2D eigenvalue weighted by Crippen LogP contribution is 2.17. The van der Waals surface area contributed by atoms with Gasteiger partial charge in [0.05, 0.1) is 19.6 Å². The average Bonchev–Trinajstić information content (AvgIpc) is 3.57. The maximum Gasteiger partial charge on any atom is 0.373 e. The third-order valence-corrected chi connectivity index (χ3v) is 6.15. The number of nitrogens with two attached hydrogens (primary N) is 1. The van der Waals surface area contributed by atoms with E-state index in [1.807, 2.05) is 0 Å². The lowest BCUT2D eigenvalue weighted by molar-refractivity contribution is -0.191. The topological polar surface area (TPSA) is 258 Å². The molecule has 0 saturated carbocycles. The molecule has 6 N–H and O–H groups in total. The smallest absolute Gasteiger partial charge is 0.373 e. The second-order valence-electron chi connectivity index (χ2n) is 10.7. The van der Waals surface area contributed by atoms with Gasteiger partial charge in [0.1, 0.15) is 30.8 Å². The predicted octanol–water partition coefficient (Wildman–Crippen LogP) is -2.19. The number of Topliss-reactive ketones (excluding diaryl/α,β-unsaturated/α-hetero) is 1. The van der Waals surface area contributed by atoms with Crippen LogP contribution < -0.4 is 21.7 Å². The minimum Gasteiger partial charge on any atom is -0.480 e. The van der Waals surface area contributed by atoms with Gasteiger partial charge in [0.15, 0.2) is 5.78 Å². The number of imidazole rings is 2. The number of primary amides is 1. The Morgan fingerprint density at radius 2 is 1.53 bits per heavy atom. The van der Waals surface area contributed by atoms with Gasteiger partial charge in [0.2, 0.25) is 24.1 Å². The fourth-order valence-electron chi connectivity index (χ4n) is 3.76. The molecule has 2 rings (SSSR count). The van der Waals surface area contributed by atoms with Crippen LogP contribution in [0.3, 0.4) is 0 Å². The number of ketones is 1. The van der Waals surface area contributed by atoms with Crippen molar-refractivity contribution in [2.45, 2.75) is 65.8 Å². The maximum atomic E-state index is 13.0. The summed E-state index contributed by atoms with van der Waals surface area (Å²) in [4.78, 5) is 97.6. The Kier molecular flexibility index (Phi) is 16.1. The highest BCUT2D eigenvalue weighted by atomic mass is 16.4. The van der Waals surface area contributed by atoms with Gasteiger partial charge in [-0.25, -0.2) is 14.8 Å². The van der Waals surface area contributed by atoms with E-state index in [0.29, 0.717) is 24.6 Å². The Morgan fingerprint density at radius 3 is 2.00 bits per heavy atom. The number of aliphatic carboxylic acids is 1. The summed E-state index contributed by atoms with van der Waals surface area (Å²) in [5.74, 6) is -1.93. The number of carboxylic acid groups (broad SMARTS) is 1. The first-order valence-corrected chi connectivity index (χ1v) is 13.7. The number of carboxylic acids is 1. The number of carbonyl (C=O) groups is 6. The van der Waals surface area contributed by atoms with Crippen molar-refractivity contribution in [3.8, 4) is 0 Å². The van der Waals surface area contributed by atoms with Gasteiger partial charge >= 0.3 is 12.1 Å². The summed E-state index contributed by atoms with van der Waals surface area (Å²) < 4.78 is 3.18. The molecule has 2 aromatic heterocycles. The second kappa shape index (κ2) is 19.1. The summed E-state index contributed by atoms with van der Waals surface area (Å²) in [5, 5.41) is 16.9. The van der Waals surface area contributed by atoms with E-state index in [2.05, 4.69) is 25.9 Å². The fraction of sp³-hybridized carbons (Fsp3) is 0.519. The number of hydrogen-bond donors (Lipinski definition) is 5. The number of rotatable bonds is 19. The van der Waals surface area contributed by atoms with Gasteiger partial charge in [-0.05, 0) is 6.42 Å². The van der Waals surface area contributed by atoms with Crippen LogP contribution in [-0.4, -0.2) is 96.8 Å². The van der Waals surface area contributed by atoms with E-state index in [-0.39, 0.29) is 70.0 Å². The van der Waals surface area contributed by atoms with Crippen LogP contribution in [0.5, 0.6) is 0 Å². The Bertz CT molecular complexity index is 1340. The van der Waals surface area contributed by atoms with Gasteiger partial charge in [-0.3, -0.25) is 28.9 Å². The molecule has 0 aliphatic carbocycles. The first kappa shape index (κ1) is 37.8. The minimum absolute atomic E-state index is 0.0211. The highest BCUT2D eigenvalue weighted by Gasteiger charge is 2.26. The first-order chi connectivity index (χ1) is 21.2. The number of aromatic nitrogens is 4. The molecule has 0 aromatic carbocycles. The van der Waals surface area contributed by atoms with Crippen LogP contribution in [0.4, 0.5) is 0 Å². The zero-order valence-electron chi connectivity index (χ0n) is 25.4. The molecule has 1 atom stereocenters. The molecule has 246 valence electrons. The molecule has 4 amide bonds. The molecule has 45 heavy (non-hydrogen) atoms. The lowest BCUT2D eigenvalue weighted by atomic mass is 9.90. The Hall–Kier alpha value is -5.22. The van der Waals surface area contributed by atoms with Crippen molar-refractivity contribution < 1.29 is 43.5 Å². The Balaban J connectivity index is 0.00000324. The summed E-state index contributed by atoms with van der Waals surface area (Å²) >= 11 is 0. The van der Waals surface area contributed by atoms with Gasteiger partial charge < -0.3 is 35.9 Å². The molecule has 0 spiro atoms. The molecule has 0 bridgehead atoms. The van der Waals surface area contributed by atoms with Crippen LogP contribution >= 0.6 is 0 Å². The van der Waals surface area contributed by atoms with E-state index >= 15 is 0 Å². The van der Waals surface area contributed by atoms with Crippen molar-refractivity contribution in [3.05, 3.63) is 36.4 Å². The molecule has 2 heterocycles. The zero-order valence-corrected chi connectivity index (χ0v) is 25.4. The van der Waals surface area contributed by atoms with E-state index in [9.17, 15) is 33.9 Å². The number of amides is 4. The molecule has 0 radical (unpaired) electrons. The summed E-state index contributed by atoms with van der Waals surface area (Å²) in [6.45, 7) is 6.07. The quantitative estimate of drug-likeness (QED) is 0.0816. The van der Waals surface area contributed by atoms with E-state index in [4.69, 9.17) is 15.3 Å². The molecule has 18 nitrogen and oxygen atoms in total. The van der Waals surface area contributed by atoms with E-state index < -0.39 is 29.2 Å². The summed E-state index contributed by atoms with van der Waals surface area (Å²) in [6.07, 6.45) is 6.69. The Morgan fingerprint density at radius 1 is 1.00 bits per heavy atom. The van der Waals surface area contributed by atoms with Crippen molar-refractivity contribution in [1.82, 2.24) is 40.0 Å². The van der Waals surface area contributed by atoms with Crippen LogP contribution in [0.2, 0.25) is 0 Å². The standard InChI is InChI=1S/C26H39N9O7.CO2/c1-26(2,3)19(37)12-33(13-21-29-8-10-34(21)15-23(39)31-7-6-28-17-36)14-22-30-9-11-35(22)16-24(40)32-18(25(41)42)4-5-20(27)38;2-1-3/h8-11,17-18H,4-7,12-16H2,1-3H3,(H2,27,38)(H,28,36)(H,31,39)(H,32,40)(H,41,42);/t18-;/m0./s1. The largest absolute Gasteiger partial charge is 0.480 e. The normalized spacial score (nSPS) is 11.4. The molecular weight excluding hydrogens is 594 g/mol. The van der Waals surface area contributed by atoms with Crippen LogP contribution in [0.25, 0.3) is 0 Å². The first-order valence-electron chi connectivity index (χ1n) is 13.7. The molecule has 0 unspecified atom stereocenters. The van der Waals surface area contributed by atoms with Crippen molar-refractivity contribution in [3.63, 3.8) is 0 Å². The van der Waals surface area contributed by atoms with Crippen LogP contribution in [0.1, 0.15) is 45.3 Å². The fourth-order valence-corrected chi connectivity index (χ4v) is 3.76. The van der Waals surface area contributed by atoms with Gasteiger partial charge in [0.25, 0.3) is 0 Å². The summed E-state index contributed by atoms with van der Waals surface area (Å²) in [7, 11) is 0. The van der Waals surface area contributed by atoms with E-state index in [0.717, 1.165) is 0 Å². The predicted molar refractivity (Wildman–Crippen MR) is 153 cm³/mol. The number of hydrogen-bond acceptors (Lipinski definition) is 11. The molecule has 0 fully saturated rings. The monoisotopic (exact) mass is 633 g/mol. The third kappa shape index (κ3) is 14.7. The molecule has 0 aliphatic rings. The maximum absolute atomic E-state index is 13.0. The lowest BCUT2D eigenvalue weighted by Crippen LogP contribution is -2.43. The molecule has 0 saturated heterocycles. The third-order valence-electron chi connectivity index (χ3n) is 6.15. The van der Waals surface area contributed by atoms with Gasteiger partial charge in [-0.2, -0.15) is 9.59 Å². The van der Waals surface area contributed by atoms with E-state index in [1.165, 1.54) is 10.8 Å². The average molecular weight is 634 g/mol. The molecule has 2 aromatic rings. The van der Waals surface area contributed by atoms with Crippen molar-refractivity contribution in [2.75, 3.05) is 19.6 Å². The van der Waals surface area contributed by atoms with Crippen LogP contribution in [0, 0.1) is 5.41 Å². The number of nitrogens with zero attached hydrogens (tertiary/aromatic N) is 5. The zero-order chi connectivity index (χ0) is 34.0. The minimum atomic E-state index is -1.29. The van der Waals surface area contributed by atoms with Crippen molar-refractivity contribution in [2.24, 2.45) is 11.1 Å². The molecule has 0 aliphatic heterocycles. The van der Waals surface area contributed by atoms with Crippen LogP contribution in [0.15, 0.2) is 24.8 Å². The number of nitrogens with one attached hydrogen (secondary N) is 3. The Labute approximate surface area is 258 Å². The lowest BCUT2D eigenvalue weighted by Gasteiger charge is -2.26. The van der Waals surface area contributed by atoms with Crippen molar-refractivity contribution >= 4 is 42.0 Å². The summed E-state index contributed by atoms with van der Waals surface area (Å²) in [5.41, 5.74) is 4.47. The van der Waals surface area contributed by atoms with Gasteiger partial charge in [-0.1, -0.05) is 20.8 Å². The molecule has 18 heteroatoms. The van der Waals surface area contributed by atoms with Gasteiger partial charge in [0, 0.05) is 49.7 Å². The van der Waals surface area contributed by atoms with Gasteiger partial charge in [-0.15, -0.1) is 0 Å². The summed E-state index contributed by atoms with van der Waals surface area (Å²) in [6, 6.07) is -1.28. The SMILES string of the molecule is CC(C)(C)C(=O)CN(Cc1nccn1CC(=O)NCCNC=O)Cc1nccn1CC(=O)N[C@@H](CCC(N)=O)C(=O)O.O=C=O. The number of carbonyl (C=O) groups excluding carboxylic acids is 7.